The highest BCUT2D eigenvalue weighted by atomic mass is 15.3. The van der Waals surface area contributed by atoms with E-state index < -0.39 is 0 Å². The molecule has 1 atom stereocenters. The van der Waals surface area contributed by atoms with E-state index in [2.05, 4.69) is 23.6 Å². The summed E-state index contributed by atoms with van der Waals surface area (Å²) in [7, 11) is 0. The number of rotatable bonds is 4. The number of hydrogen-bond donors (Lipinski definition) is 2. The van der Waals surface area contributed by atoms with E-state index in [-0.39, 0.29) is 5.41 Å². The Hall–Kier alpha value is -0.610. The maximum Gasteiger partial charge on any atom is 0.0963 e. The molecule has 2 heterocycles. The first-order valence-corrected chi connectivity index (χ1v) is 7.30. The van der Waals surface area contributed by atoms with E-state index in [9.17, 15) is 0 Å². The van der Waals surface area contributed by atoms with Gasteiger partial charge in [0.15, 0.2) is 0 Å². The molecule has 0 aromatic rings. The normalized spacial score (nSPS) is 26.9. The standard InChI is InChI=1S/C14H28N4/c1-14(2,13(15)16)6-8-17-9-10-18-7-4-3-5-12(18)11-17/h12H,3-11H2,1-2H3,(H3,15,16). The third kappa shape index (κ3) is 3.23. The fraction of sp³-hybridized carbons (Fsp3) is 0.929. The van der Waals surface area contributed by atoms with Crippen LogP contribution in [-0.4, -0.2) is 54.4 Å². The number of hydrogen-bond acceptors (Lipinski definition) is 3. The zero-order valence-electron chi connectivity index (χ0n) is 11.9. The van der Waals surface area contributed by atoms with Crippen LogP contribution in [0.4, 0.5) is 0 Å². The summed E-state index contributed by atoms with van der Waals surface area (Å²) in [6.45, 7) is 10.2. The maximum absolute atomic E-state index is 7.61. The number of nitrogens with one attached hydrogen (secondary N) is 1. The zero-order valence-corrected chi connectivity index (χ0v) is 11.9. The lowest BCUT2D eigenvalue weighted by Gasteiger charge is -2.44. The third-order valence-corrected chi connectivity index (χ3v) is 4.70. The van der Waals surface area contributed by atoms with Gasteiger partial charge in [0.1, 0.15) is 0 Å². The second-order valence-corrected chi connectivity index (χ2v) is 6.53. The van der Waals surface area contributed by atoms with Gasteiger partial charge in [0.2, 0.25) is 0 Å². The van der Waals surface area contributed by atoms with Crippen molar-refractivity contribution in [2.75, 3.05) is 32.7 Å². The second kappa shape index (κ2) is 5.57. The van der Waals surface area contributed by atoms with E-state index in [0.29, 0.717) is 5.84 Å². The van der Waals surface area contributed by atoms with Gasteiger partial charge in [0.25, 0.3) is 0 Å². The fourth-order valence-corrected chi connectivity index (χ4v) is 3.00. The van der Waals surface area contributed by atoms with E-state index in [1.54, 1.807) is 0 Å². The van der Waals surface area contributed by atoms with E-state index in [1.165, 1.54) is 45.4 Å². The van der Waals surface area contributed by atoms with Gasteiger partial charge in [0.05, 0.1) is 5.84 Å². The van der Waals surface area contributed by atoms with Gasteiger partial charge in [-0.2, -0.15) is 0 Å². The van der Waals surface area contributed by atoms with Crippen LogP contribution in [0, 0.1) is 10.8 Å². The van der Waals surface area contributed by atoms with Crippen molar-refractivity contribution >= 4 is 5.84 Å². The van der Waals surface area contributed by atoms with Crippen molar-refractivity contribution in [3.8, 4) is 0 Å². The first-order chi connectivity index (χ1) is 8.49. The van der Waals surface area contributed by atoms with Crippen molar-refractivity contribution < 1.29 is 0 Å². The van der Waals surface area contributed by atoms with Crippen LogP contribution in [0.25, 0.3) is 0 Å². The Bertz CT molecular complexity index is 300. The average molecular weight is 252 g/mol. The van der Waals surface area contributed by atoms with Crippen LogP contribution in [0.3, 0.4) is 0 Å². The maximum atomic E-state index is 7.61. The van der Waals surface area contributed by atoms with E-state index in [1.807, 2.05) is 0 Å². The molecule has 2 saturated heterocycles. The molecule has 18 heavy (non-hydrogen) atoms. The van der Waals surface area contributed by atoms with Crippen LogP contribution in [0.2, 0.25) is 0 Å². The Balaban J connectivity index is 1.79. The highest BCUT2D eigenvalue weighted by Gasteiger charge is 2.30. The van der Waals surface area contributed by atoms with Gasteiger partial charge >= 0.3 is 0 Å². The van der Waals surface area contributed by atoms with E-state index in [4.69, 9.17) is 11.1 Å². The minimum atomic E-state index is -0.149. The summed E-state index contributed by atoms with van der Waals surface area (Å²) < 4.78 is 0. The lowest BCUT2D eigenvalue weighted by Crippen LogP contribution is -2.55. The number of piperidine rings is 1. The van der Waals surface area contributed by atoms with Crippen LogP contribution in [0.1, 0.15) is 39.5 Å². The molecule has 2 aliphatic rings. The number of amidine groups is 1. The lowest BCUT2D eigenvalue weighted by atomic mass is 9.87. The van der Waals surface area contributed by atoms with Crippen molar-refractivity contribution in [3.05, 3.63) is 0 Å². The molecule has 0 spiro atoms. The van der Waals surface area contributed by atoms with Crippen molar-refractivity contribution in [1.29, 1.82) is 5.41 Å². The predicted molar refractivity (Wildman–Crippen MR) is 76.0 cm³/mol. The fourth-order valence-electron chi connectivity index (χ4n) is 3.00. The number of piperazine rings is 1. The van der Waals surface area contributed by atoms with E-state index in [0.717, 1.165) is 19.0 Å². The summed E-state index contributed by atoms with van der Waals surface area (Å²) in [6.07, 6.45) is 5.14. The van der Waals surface area contributed by atoms with Crippen LogP contribution in [-0.2, 0) is 0 Å². The Morgan fingerprint density at radius 2 is 2.06 bits per heavy atom. The summed E-state index contributed by atoms with van der Waals surface area (Å²) in [6, 6.07) is 0.785. The molecule has 0 saturated carbocycles. The molecule has 0 aliphatic carbocycles. The largest absolute Gasteiger partial charge is 0.387 e. The van der Waals surface area contributed by atoms with Gasteiger partial charge < -0.3 is 10.6 Å². The molecule has 3 N–H and O–H groups in total. The van der Waals surface area contributed by atoms with Gasteiger partial charge in [-0.15, -0.1) is 0 Å². The number of nitrogens with zero attached hydrogens (tertiary/aromatic N) is 2. The molecule has 4 heteroatoms. The lowest BCUT2D eigenvalue weighted by molar-refractivity contribution is 0.0461. The molecule has 4 nitrogen and oxygen atoms in total. The minimum absolute atomic E-state index is 0.149. The molecule has 0 aromatic carbocycles. The van der Waals surface area contributed by atoms with Crippen molar-refractivity contribution in [1.82, 2.24) is 9.80 Å². The van der Waals surface area contributed by atoms with Gasteiger partial charge in [-0.25, -0.2) is 0 Å². The SMILES string of the molecule is CC(C)(CCN1CCN2CCCCC2C1)C(=N)N. The first-order valence-electron chi connectivity index (χ1n) is 7.30. The molecule has 0 radical (unpaired) electrons. The van der Waals surface area contributed by atoms with Crippen LogP contribution in [0.5, 0.6) is 0 Å². The van der Waals surface area contributed by atoms with Crippen LogP contribution >= 0.6 is 0 Å². The summed E-state index contributed by atoms with van der Waals surface area (Å²) >= 11 is 0. The second-order valence-electron chi connectivity index (χ2n) is 6.53. The third-order valence-electron chi connectivity index (χ3n) is 4.70. The minimum Gasteiger partial charge on any atom is -0.387 e. The van der Waals surface area contributed by atoms with Gasteiger partial charge in [0, 0.05) is 31.1 Å². The van der Waals surface area contributed by atoms with Crippen LogP contribution < -0.4 is 5.73 Å². The summed E-state index contributed by atoms with van der Waals surface area (Å²) in [5.74, 6) is 0.318. The molecule has 2 fully saturated rings. The molecular weight excluding hydrogens is 224 g/mol. The summed E-state index contributed by atoms with van der Waals surface area (Å²) in [4.78, 5) is 5.23. The molecule has 0 bridgehead atoms. The van der Waals surface area contributed by atoms with Crippen molar-refractivity contribution in [2.45, 2.75) is 45.6 Å². The van der Waals surface area contributed by atoms with Gasteiger partial charge in [-0.1, -0.05) is 20.3 Å². The van der Waals surface area contributed by atoms with E-state index >= 15 is 0 Å². The summed E-state index contributed by atoms with van der Waals surface area (Å²) in [5, 5.41) is 7.61. The summed E-state index contributed by atoms with van der Waals surface area (Å²) in [5.41, 5.74) is 5.50. The van der Waals surface area contributed by atoms with Gasteiger partial charge in [-0.3, -0.25) is 10.3 Å². The molecule has 2 rings (SSSR count). The number of fused-ring (bicyclic) bond motifs is 1. The number of nitrogens with two attached hydrogens (primary N) is 1. The Kier molecular flexibility index (Phi) is 4.28. The Morgan fingerprint density at radius 1 is 1.28 bits per heavy atom. The van der Waals surface area contributed by atoms with Crippen LogP contribution in [0.15, 0.2) is 0 Å². The topological polar surface area (TPSA) is 56.4 Å². The molecule has 0 amide bonds. The molecule has 0 aromatic heterocycles. The molecule has 2 aliphatic heterocycles. The van der Waals surface area contributed by atoms with Gasteiger partial charge in [-0.05, 0) is 32.4 Å². The Labute approximate surface area is 111 Å². The highest BCUT2D eigenvalue weighted by molar-refractivity contribution is 5.82. The average Bonchev–Trinajstić information content (AvgIpc) is 2.36. The monoisotopic (exact) mass is 252 g/mol. The zero-order chi connectivity index (χ0) is 13.2. The molecule has 1 unspecified atom stereocenters. The smallest absolute Gasteiger partial charge is 0.0963 e. The first kappa shape index (κ1) is 13.8. The highest BCUT2D eigenvalue weighted by Crippen LogP contribution is 2.24. The molecular formula is C14H28N4. The predicted octanol–water partition coefficient (Wildman–Crippen LogP) is 1.51. The quantitative estimate of drug-likeness (QED) is 0.589. The molecule has 104 valence electrons. The van der Waals surface area contributed by atoms with Crippen molar-refractivity contribution in [2.24, 2.45) is 11.1 Å². The van der Waals surface area contributed by atoms with Crippen molar-refractivity contribution in [3.63, 3.8) is 0 Å². The Morgan fingerprint density at radius 3 is 2.78 bits per heavy atom.